The van der Waals surface area contributed by atoms with Crippen molar-refractivity contribution in [3.8, 4) is 0 Å². The Morgan fingerprint density at radius 3 is 2.95 bits per heavy atom. The molecule has 0 amide bonds. The van der Waals surface area contributed by atoms with E-state index in [1.54, 1.807) is 12.4 Å². The average molecular weight is 298 g/mol. The van der Waals surface area contributed by atoms with Crippen molar-refractivity contribution in [2.75, 3.05) is 0 Å². The van der Waals surface area contributed by atoms with Gasteiger partial charge < -0.3 is 0 Å². The highest BCUT2D eigenvalue weighted by Crippen LogP contribution is 2.24. The zero-order valence-electron chi connectivity index (χ0n) is 10.8. The molecule has 1 aromatic heterocycles. The highest BCUT2D eigenvalue weighted by atomic mass is 35.5. The highest BCUT2D eigenvalue weighted by Gasteiger charge is 2.16. The molecule has 1 unspecified atom stereocenters. The summed E-state index contributed by atoms with van der Waals surface area (Å²) in [4.78, 5) is 10.4. The van der Waals surface area contributed by atoms with E-state index < -0.39 is 10.7 Å². The SMILES string of the molecule is CCC(Cl)c1cnn(Cc2cc(F)ccc2[N+](=O)[O-])c1. The molecule has 106 valence electrons. The summed E-state index contributed by atoms with van der Waals surface area (Å²) in [5.74, 6) is -0.512. The maximum Gasteiger partial charge on any atom is 0.274 e. The van der Waals surface area contributed by atoms with E-state index in [2.05, 4.69) is 5.10 Å². The summed E-state index contributed by atoms with van der Waals surface area (Å²) in [7, 11) is 0. The molecule has 1 aromatic carbocycles. The number of halogens is 2. The van der Waals surface area contributed by atoms with Gasteiger partial charge in [0, 0.05) is 17.8 Å². The molecule has 0 saturated carbocycles. The van der Waals surface area contributed by atoms with Gasteiger partial charge >= 0.3 is 0 Å². The first-order valence-electron chi connectivity index (χ1n) is 6.10. The van der Waals surface area contributed by atoms with Gasteiger partial charge in [-0.05, 0) is 18.6 Å². The third-order valence-corrected chi connectivity index (χ3v) is 3.50. The van der Waals surface area contributed by atoms with Crippen LogP contribution in [0.3, 0.4) is 0 Å². The van der Waals surface area contributed by atoms with Crippen molar-refractivity contribution in [2.45, 2.75) is 25.3 Å². The quantitative estimate of drug-likeness (QED) is 0.480. The first kappa shape index (κ1) is 14.5. The predicted molar refractivity (Wildman–Crippen MR) is 73.3 cm³/mol. The van der Waals surface area contributed by atoms with Gasteiger partial charge in [0.15, 0.2) is 0 Å². The molecule has 0 saturated heterocycles. The topological polar surface area (TPSA) is 61.0 Å². The van der Waals surface area contributed by atoms with E-state index >= 15 is 0 Å². The van der Waals surface area contributed by atoms with E-state index in [0.717, 1.165) is 30.2 Å². The number of alkyl halides is 1. The molecule has 1 heterocycles. The molecular formula is C13H13ClFN3O2. The van der Waals surface area contributed by atoms with E-state index in [0.29, 0.717) is 0 Å². The van der Waals surface area contributed by atoms with Crippen molar-refractivity contribution in [3.63, 3.8) is 0 Å². The number of hydrogen-bond donors (Lipinski definition) is 0. The standard InChI is InChI=1S/C13H13ClFN3O2/c1-2-12(14)10-6-16-17(8-10)7-9-5-11(15)3-4-13(9)18(19)20/h3-6,8,12H,2,7H2,1H3. The first-order valence-corrected chi connectivity index (χ1v) is 6.54. The van der Waals surface area contributed by atoms with Crippen LogP contribution in [-0.4, -0.2) is 14.7 Å². The minimum absolute atomic E-state index is 0.124. The molecule has 20 heavy (non-hydrogen) atoms. The van der Waals surface area contributed by atoms with E-state index in [1.165, 1.54) is 4.68 Å². The molecular weight excluding hydrogens is 285 g/mol. The van der Waals surface area contributed by atoms with Crippen molar-refractivity contribution >= 4 is 17.3 Å². The van der Waals surface area contributed by atoms with Gasteiger partial charge in [-0.25, -0.2) is 4.39 Å². The number of nitro groups is 1. The van der Waals surface area contributed by atoms with Crippen molar-refractivity contribution in [3.05, 3.63) is 57.7 Å². The van der Waals surface area contributed by atoms with Gasteiger partial charge in [-0.1, -0.05) is 6.92 Å². The first-order chi connectivity index (χ1) is 9.51. The van der Waals surface area contributed by atoms with Crippen LogP contribution in [0.2, 0.25) is 0 Å². The van der Waals surface area contributed by atoms with Gasteiger partial charge in [0.2, 0.25) is 0 Å². The molecule has 0 bridgehead atoms. The number of nitro benzene ring substituents is 1. The van der Waals surface area contributed by atoms with Crippen LogP contribution in [0.15, 0.2) is 30.6 Å². The molecule has 0 aliphatic rings. The van der Waals surface area contributed by atoms with E-state index in [-0.39, 0.29) is 23.2 Å². The maximum atomic E-state index is 13.2. The summed E-state index contributed by atoms with van der Waals surface area (Å²) in [5.41, 5.74) is 0.988. The summed E-state index contributed by atoms with van der Waals surface area (Å²) in [6, 6.07) is 3.38. The second kappa shape index (κ2) is 6.00. The Morgan fingerprint density at radius 2 is 2.30 bits per heavy atom. The van der Waals surface area contributed by atoms with Gasteiger partial charge in [-0.2, -0.15) is 5.10 Å². The molecule has 0 N–H and O–H groups in total. The van der Waals surface area contributed by atoms with Crippen molar-refractivity contribution in [2.24, 2.45) is 0 Å². The number of rotatable bonds is 5. The van der Waals surface area contributed by atoms with Gasteiger partial charge in [0.25, 0.3) is 5.69 Å². The fraction of sp³-hybridized carbons (Fsp3) is 0.308. The minimum atomic E-state index is -0.532. The third kappa shape index (κ3) is 3.14. The van der Waals surface area contributed by atoms with Gasteiger partial charge in [0.1, 0.15) is 5.82 Å². The Kier molecular flexibility index (Phi) is 4.34. The van der Waals surface area contributed by atoms with E-state index in [9.17, 15) is 14.5 Å². The summed E-state index contributed by atoms with van der Waals surface area (Å²) in [5, 5.41) is 14.9. The molecule has 2 aromatic rings. The Morgan fingerprint density at radius 1 is 1.55 bits per heavy atom. The number of benzene rings is 1. The third-order valence-electron chi connectivity index (χ3n) is 2.94. The summed E-state index contributed by atoms with van der Waals surface area (Å²) in [6.07, 6.45) is 4.09. The number of aromatic nitrogens is 2. The van der Waals surface area contributed by atoms with Gasteiger partial charge in [0.05, 0.1) is 28.6 Å². The normalized spacial score (nSPS) is 12.3. The minimum Gasteiger partial charge on any atom is -0.268 e. The highest BCUT2D eigenvalue weighted by molar-refractivity contribution is 6.20. The molecule has 1 atom stereocenters. The number of nitrogens with zero attached hydrogens (tertiary/aromatic N) is 3. The van der Waals surface area contributed by atoms with Gasteiger partial charge in [-0.15, -0.1) is 11.6 Å². The monoisotopic (exact) mass is 297 g/mol. The molecule has 0 radical (unpaired) electrons. The summed E-state index contributed by atoms with van der Waals surface area (Å²) < 4.78 is 14.7. The van der Waals surface area contributed by atoms with Crippen LogP contribution in [0.1, 0.15) is 29.8 Å². The van der Waals surface area contributed by atoms with Crippen LogP contribution in [0.25, 0.3) is 0 Å². The molecule has 2 rings (SSSR count). The fourth-order valence-corrected chi connectivity index (χ4v) is 2.01. The largest absolute Gasteiger partial charge is 0.274 e. The van der Waals surface area contributed by atoms with Crippen LogP contribution < -0.4 is 0 Å². The number of hydrogen-bond acceptors (Lipinski definition) is 3. The van der Waals surface area contributed by atoms with Crippen molar-refractivity contribution in [1.82, 2.24) is 9.78 Å². The molecule has 0 aliphatic carbocycles. The Bertz CT molecular complexity index is 630. The molecule has 7 heteroatoms. The summed E-state index contributed by atoms with van der Waals surface area (Å²) in [6.45, 7) is 2.08. The molecule has 0 fully saturated rings. The predicted octanol–water partition coefficient (Wildman–Crippen LogP) is 3.67. The zero-order chi connectivity index (χ0) is 14.7. The lowest BCUT2D eigenvalue weighted by Crippen LogP contribution is -2.04. The second-order valence-corrected chi connectivity index (χ2v) is 4.90. The Labute approximate surface area is 120 Å². The van der Waals surface area contributed by atoms with Crippen LogP contribution in [0.4, 0.5) is 10.1 Å². The van der Waals surface area contributed by atoms with Gasteiger partial charge in [-0.3, -0.25) is 14.8 Å². The lowest BCUT2D eigenvalue weighted by molar-refractivity contribution is -0.385. The van der Waals surface area contributed by atoms with Crippen molar-refractivity contribution < 1.29 is 9.31 Å². The van der Waals surface area contributed by atoms with Crippen LogP contribution in [0.5, 0.6) is 0 Å². The Hall–Kier alpha value is -1.95. The van der Waals surface area contributed by atoms with Crippen LogP contribution in [-0.2, 0) is 6.54 Å². The fourth-order valence-electron chi connectivity index (χ4n) is 1.90. The smallest absolute Gasteiger partial charge is 0.268 e. The molecule has 0 spiro atoms. The van der Waals surface area contributed by atoms with E-state index in [4.69, 9.17) is 11.6 Å². The lowest BCUT2D eigenvalue weighted by atomic mass is 10.1. The Balaban J connectivity index is 2.27. The maximum absolute atomic E-state index is 13.2. The van der Waals surface area contributed by atoms with Crippen LogP contribution in [0, 0.1) is 15.9 Å². The molecule has 0 aliphatic heterocycles. The van der Waals surface area contributed by atoms with Crippen LogP contribution >= 0.6 is 11.6 Å². The summed E-state index contributed by atoms with van der Waals surface area (Å²) >= 11 is 6.09. The van der Waals surface area contributed by atoms with E-state index in [1.807, 2.05) is 6.92 Å². The second-order valence-electron chi connectivity index (χ2n) is 4.38. The zero-order valence-corrected chi connectivity index (χ0v) is 11.5. The van der Waals surface area contributed by atoms with Crippen molar-refractivity contribution in [1.29, 1.82) is 0 Å². The lowest BCUT2D eigenvalue weighted by Gasteiger charge is -2.04. The molecule has 5 nitrogen and oxygen atoms in total. The average Bonchev–Trinajstić information content (AvgIpc) is 2.86.